The predicted molar refractivity (Wildman–Crippen MR) is 123 cm³/mol. The zero-order valence-corrected chi connectivity index (χ0v) is 19.5. The van der Waals surface area contributed by atoms with E-state index in [2.05, 4.69) is 0 Å². The first-order valence-electron chi connectivity index (χ1n) is 11.4. The molecule has 1 aromatic heterocycles. The fraction of sp³-hybridized carbons (Fsp3) is 0.520. The lowest BCUT2D eigenvalue weighted by atomic mass is 10.1. The van der Waals surface area contributed by atoms with Crippen molar-refractivity contribution in [2.24, 2.45) is 7.05 Å². The Kier molecular flexibility index (Phi) is 6.72. The van der Waals surface area contributed by atoms with E-state index in [1.54, 1.807) is 27.4 Å². The van der Waals surface area contributed by atoms with Crippen LogP contribution in [0.5, 0.6) is 17.2 Å². The maximum Gasteiger partial charge on any atom is 0.247 e. The Morgan fingerprint density at radius 2 is 1.78 bits per heavy atom. The van der Waals surface area contributed by atoms with Crippen LogP contribution in [-0.2, 0) is 31.2 Å². The summed E-state index contributed by atoms with van der Waals surface area (Å²) in [6, 6.07) is 3.96. The average molecular weight is 440 g/mol. The monoisotopic (exact) mass is 439 g/mol. The van der Waals surface area contributed by atoms with Gasteiger partial charge in [-0.1, -0.05) is 12.8 Å². The number of hydrogen-bond acceptors (Lipinski definition) is 5. The summed E-state index contributed by atoms with van der Waals surface area (Å²) in [6.45, 7) is 0.576. The summed E-state index contributed by atoms with van der Waals surface area (Å²) in [4.78, 5) is 15.4. The fourth-order valence-electron chi connectivity index (χ4n) is 5.05. The molecule has 4 rings (SSSR count). The van der Waals surface area contributed by atoms with E-state index in [1.807, 2.05) is 34.8 Å². The number of hydrogen-bond donors (Lipinski definition) is 0. The molecule has 0 spiro atoms. The molecule has 1 aromatic carbocycles. The molecule has 0 bridgehead atoms. The molecule has 1 amide bonds. The summed E-state index contributed by atoms with van der Waals surface area (Å²) < 4.78 is 18.3. The number of fused-ring (bicyclic) bond motifs is 1. The van der Waals surface area contributed by atoms with E-state index < -0.39 is 0 Å². The lowest BCUT2D eigenvalue weighted by Crippen LogP contribution is -2.37. The molecule has 0 unspecified atom stereocenters. The SMILES string of the molecule is COc1cc(/C=C/C(=O)N(Cc2nn(C)c3c2CCC3)C2CCCC2)cc(OC)c1OC. The molecule has 0 radical (unpaired) electrons. The minimum Gasteiger partial charge on any atom is -0.493 e. The molecule has 2 aliphatic carbocycles. The lowest BCUT2D eigenvalue weighted by Gasteiger charge is -2.27. The minimum atomic E-state index is 0.0167. The first-order chi connectivity index (χ1) is 15.5. The Balaban J connectivity index is 1.58. The van der Waals surface area contributed by atoms with Crippen LogP contribution in [0.3, 0.4) is 0 Å². The fourth-order valence-corrected chi connectivity index (χ4v) is 5.05. The molecule has 32 heavy (non-hydrogen) atoms. The molecule has 0 atom stereocenters. The van der Waals surface area contributed by atoms with E-state index in [4.69, 9.17) is 19.3 Å². The van der Waals surface area contributed by atoms with Crippen molar-refractivity contribution < 1.29 is 19.0 Å². The van der Waals surface area contributed by atoms with E-state index in [1.165, 1.54) is 30.5 Å². The van der Waals surface area contributed by atoms with Crippen LogP contribution < -0.4 is 14.2 Å². The standard InChI is InChI=1S/C25H33N3O4/c1-27-21-11-7-10-19(21)20(26-27)16-28(18-8-5-6-9-18)24(29)13-12-17-14-22(30-2)25(32-4)23(15-17)31-3/h12-15,18H,5-11,16H2,1-4H3/b13-12+. The molecule has 7 nitrogen and oxygen atoms in total. The van der Waals surface area contributed by atoms with Crippen molar-refractivity contribution >= 4 is 12.0 Å². The highest BCUT2D eigenvalue weighted by molar-refractivity contribution is 5.92. The quantitative estimate of drug-likeness (QED) is 0.584. The van der Waals surface area contributed by atoms with Gasteiger partial charge in [-0.2, -0.15) is 5.10 Å². The number of nitrogens with zero attached hydrogens (tertiary/aromatic N) is 3. The highest BCUT2D eigenvalue weighted by atomic mass is 16.5. The number of carbonyl (C=O) groups is 1. The van der Waals surface area contributed by atoms with Gasteiger partial charge in [-0.3, -0.25) is 9.48 Å². The topological polar surface area (TPSA) is 65.8 Å². The molecule has 2 aromatic rings. The van der Waals surface area contributed by atoms with Crippen molar-refractivity contribution in [3.63, 3.8) is 0 Å². The second kappa shape index (κ2) is 9.67. The molecular formula is C25H33N3O4. The van der Waals surface area contributed by atoms with E-state index in [-0.39, 0.29) is 11.9 Å². The number of ether oxygens (including phenoxy) is 3. The van der Waals surface area contributed by atoms with Crippen molar-refractivity contribution in [1.82, 2.24) is 14.7 Å². The van der Waals surface area contributed by atoms with E-state index >= 15 is 0 Å². The van der Waals surface area contributed by atoms with E-state index in [0.717, 1.165) is 36.9 Å². The van der Waals surface area contributed by atoms with Crippen molar-refractivity contribution in [3.8, 4) is 17.2 Å². The van der Waals surface area contributed by atoms with Gasteiger partial charge in [-0.05, 0) is 61.4 Å². The number of carbonyl (C=O) groups excluding carboxylic acids is 1. The summed E-state index contributed by atoms with van der Waals surface area (Å²) >= 11 is 0. The number of rotatable bonds is 8. The van der Waals surface area contributed by atoms with Crippen LogP contribution in [0.2, 0.25) is 0 Å². The van der Waals surface area contributed by atoms with Gasteiger partial charge in [-0.25, -0.2) is 0 Å². The molecular weight excluding hydrogens is 406 g/mol. The number of aromatic nitrogens is 2. The maximum absolute atomic E-state index is 13.4. The van der Waals surface area contributed by atoms with Gasteiger partial charge in [0.1, 0.15) is 0 Å². The molecule has 1 fully saturated rings. The van der Waals surface area contributed by atoms with Crippen LogP contribution in [0, 0.1) is 0 Å². The molecule has 172 valence electrons. The smallest absolute Gasteiger partial charge is 0.247 e. The summed E-state index contributed by atoms with van der Waals surface area (Å²) in [5.41, 5.74) is 4.54. The maximum atomic E-state index is 13.4. The van der Waals surface area contributed by atoms with Gasteiger partial charge < -0.3 is 19.1 Å². The Morgan fingerprint density at radius 3 is 2.41 bits per heavy atom. The Morgan fingerprint density at radius 1 is 1.09 bits per heavy atom. The first-order valence-corrected chi connectivity index (χ1v) is 11.4. The number of aryl methyl sites for hydroxylation is 1. The van der Waals surface area contributed by atoms with Gasteiger partial charge >= 0.3 is 0 Å². The Hall–Kier alpha value is -2.96. The zero-order valence-electron chi connectivity index (χ0n) is 19.5. The van der Waals surface area contributed by atoms with Crippen molar-refractivity contribution in [2.75, 3.05) is 21.3 Å². The van der Waals surface area contributed by atoms with Crippen LogP contribution in [0.25, 0.3) is 6.08 Å². The van der Waals surface area contributed by atoms with Crippen LogP contribution in [0.4, 0.5) is 0 Å². The van der Waals surface area contributed by atoms with Crippen molar-refractivity contribution in [2.45, 2.75) is 57.5 Å². The van der Waals surface area contributed by atoms with Gasteiger partial charge in [0, 0.05) is 24.9 Å². The molecule has 0 saturated heterocycles. The van der Waals surface area contributed by atoms with Gasteiger partial charge in [-0.15, -0.1) is 0 Å². The molecule has 7 heteroatoms. The van der Waals surface area contributed by atoms with Crippen molar-refractivity contribution in [3.05, 3.63) is 40.7 Å². The third-order valence-electron chi connectivity index (χ3n) is 6.67. The van der Waals surface area contributed by atoms with E-state index in [0.29, 0.717) is 23.8 Å². The Bertz CT molecular complexity index is 980. The summed E-state index contributed by atoms with van der Waals surface area (Å²) in [5, 5.41) is 4.76. The molecule has 1 heterocycles. The summed E-state index contributed by atoms with van der Waals surface area (Å²) in [7, 11) is 6.76. The molecule has 0 aliphatic heterocycles. The highest BCUT2D eigenvalue weighted by Gasteiger charge is 2.29. The second-order valence-electron chi connectivity index (χ2n) is 8.55. The first kappa shape index (κ1) is 22.2. The third kappa shape index (κ3) is 4.33. The van der Waals surface area contributed by atoms with Crippen LogP contribution in [0.1, 0.15) is 54.6 Å². The van der Waals surface area contributed by atoms with Gasteiger partial charge in [0.05, 0.1) is 33.6 Å². The van der Waals surface area contributed by atoms with E-state index in [9.17, 15) is 4.79 Å². The van der Waals surface area contributed by atoms with Crippen LogP contribution >= 0.6 is 0 Å². The van der Waals surface area contributed by atoms with Crippen LogP contribution in [-0.4, -0.2) is 48.0 Å². The van der Waals surface area contributed by atoms with Crippen molar-refractivity contribution in [1.29, 1.82) is 0 Å². The normalized spacial score (nSPS) is 15.9. The zero-order chi connectivity index (χ0) is 22.7. The second-order valence-corrected chi connectivity index (χ2v) is 8.55. The highest BCUT2D eigenvalue weighted by Crippen LogP contribution is 2.38. The average Bonchev–Trinajstić information content (AvgIpc) is 3.55. The lowest BCUT2D eigenvalue weighted by molar-refractivity contribution is -0.128. The third-order valence-corrected chi connectivity index (χ3v) is 6.67. The van der Waals surface area contributed by atoms with Crippen LogP contribution in [0.15, 0.2) is 18.2 Å². The molecule has 0 N–H and O–H groups in total. The molecule has 2 aliphatic rings. The predicted octanol–water partition coefficient (Wildman–Crippen LogP) is 3.92. The summed E-state index contributed by atoms with van der Waals surface area (Å²) in [5.74, 6) is 1.68. The van der Waals surface area contributed by atoms with Gasteiger partial charge in [0.25, 0.3) is 0 Å². The molecule has 1 saturated carbocycles. The Labute approximate surface area is 189 Å². The number of benzene rings is 1. The minimum absolute atomic E-state index is 0.0167. The number of methoxy groups -OCH3 is 3. The largest absolute Gasteiger partial charge is 0.493 e. The van der Waals surface area contributed by atoms with Gasteiger partial charge in [0.15, 0.2) is 11.5 Å². The summed E-state index contributed by atoms with van der Waals surface area (Å²) in [6.07, 6.45) is 11.2. The number of amides is 1. The van der Waals surface area contributed by atoms with Gasteiger partial charge in [0.2, 0.25) is 11.7 Å².